The van der Waals surface area contributed by atoms with Gasteiger partial charge >= 0.3 is 0 Å². The monoisotopic (exact) mass is 384 g/mol. The molecule has 27 heavy (non-hydrogen) atoms. The number of carbonyl (C=O) groups excluding carboxylic acids is 2. The first-order valence-electron chi connectivity index (χ1n) is 10.7. The Kier molecular flexibility index (Phi) is 11.8. The number of hydrogen-bond acceptors (Lipinski definition) is 5. The molecule has 0 atom stereocenters. The third kappa shape index (κ3) is 10.8. The molecule has 1 rings (SSSR count). The van der Waals surface area contributed by atoms with Crippen molar-refractivity contribution in [3.8, 4) is 0 Å². The Labute approximate surface area is 165 Å². The number of amides is 1. The van der Waals surface area contributed by atoms with Gasteiger partial charge in [-0.05, 0) is 19.3 Å². The van der Waals surface area contributed by atoms with Gasteiger partial charge in [0, 0.05) is 50.7 Å². The Hall–Kier alpha value is -0.980. The highest BCUT2D eigenvalue weighted by Gasteiger charge is 2.33. The fourth-order valence-electron chi connectivity index (χ4n) is 3.23. The molecule has 1 aliphatic carbocycles. The third-order valence-corrected chi connectivity index (χ3v) is 4.90. The topological polar surface area (TPSA) is 76.7 Å². The molecule has 0 radical (unpaired) electrons. The minimum absolute atomic E-state index is 0.0186. The highest BCUT2D eigenvalue weighted by molar-refractivity contribution is 5.81. The van der Waals surface area contributed by atoms with Crippen molar-refractivity contribution in [3.05, 3.63) is 0 Å². The van der Waals surface area contributed by atoms with Gasteiger partial charge in [-0.2, -0.15) is 0 Å². The first-order valence-corrected chi connectivity index (χ1v) is 10.7. The summed E-state index contributed by atoms with van der Waals surface area (Å²) >= 11 is 0. The molecule has 1 aliphatic rings. The lowest BCUT2D eigenvalue weighted by Crippen LogP contribution is -2.42. The van der Waals surface area contributed by atoms with Crippen LogP contribution in [0.1, 0.15) is 79.1 Å². The van der Waals surface area contributed by atoms with Crippen molar-refractivity contribution in [2.24, 2.45) is 5.92 Å². The fraction of sp³-hybridized carbons (Fsp3) is 0.905. The van der Waals surface area contributed by atoms with Crippen LogP contribution in [-0.4, -0.2) is 49.8 Å². The molecule has 0 aromatic carbocycles. The van der Waals surface area contributed by atoms with E-state index in [1.54, 1.807) is 0 Å². The molecule has 0 heterocycles. The first kappa shape index (κ1) is 24.1. The quantitative estimate of drug-likeness (QED) is 0.355. The molecular formula is C21H40N2O4. The smallest absolute Gasteiger partial charge is 0.220 e. The van der Waals surface area contributed by atoms with Gasteiger partial charge in [0.05, 0.1) is 13.2 Å². The standard InChI is InChI=1S/C21H40N2O4/c1-17(2)19(24)9-8-10-20(25)23-14-16-27-21(11-6-5-7-12-21)26-15-13-22-18(3)4/h17-18,22H,5-16H2,1-4H3,(H,23,25). The van der Waals surface area contributed by atoms with Crippen molar-refractivity contribution in [3.63, 3.8) is 0 Å². The van der Waals surface area contributed by atoms with Crippen LogP contribution in [0.25, 0.3) is 0 Å². The van der Waals surface area contributed by atoms with Crippen LogP contribution in [0.2, 0.25) is 0 Å². The maximum absolute atomic E-state index is 11.9. The zero-order chi connectivity index (χ0) is 20.1. The number of ether oxygens (including phenoxy) is 2. The molecule has 1 fully saturated rings. The summed E-state index contributed by atoms with van der Waals surface area (Å²) in [5.74, 6) is -0.251. The van der Waals surface area contributed by atoms with Crippen LogP contribution in [0.5, 0.6) is 0 Å². The largest absolute Gasteiger partial charge is 0.354 e. The second-order valence-corrected chi connectivity index (χ2v) is 8.10. The molecule has 0 aliphatic heterocycles. The summed E-state index contributed by atoms with van der Waals surface area (Å²) in [6, 6.07) is 0.447. The summed E-state index contributed by atoms with van der Waals surface area (Å²) in [7, 11) is 0. The minimum atomic E-state index is -0.495. The van der Waals surface area contributed by atoms with Gasteiger partial charge < -0.3 is 20.1 Å². The van der Waals surface area contributed by atoms with Crippen molar-refractivity contribution < 1.29 is 19.1 Å². The number of rotatable bonds is 14. The van der Waals surface area contributed by atoms with Crippen LogP contribution in [0.4, 0.5) is 0 Å². The lowest BCUT2D eigenvalue weighted by Gasteiger charge is -2.37. The van der Waals surface area contributed by atoms with E-state index in [2.05, 4.69) is 24.5 Å². The van der Waals surface area contributed by atoms with Gasteiger partial charge in [0.1, 0.15) is 5.78 Å². The minimum Gasteiger partial charge on any atom is -0.354 e. The summed E-state index contributed by atoms with van der Waals surface area (Å²) in [5, 5.41) is 6.24. The Morgan fingerprint density at radius 3 is 2.15 bits per heavy atom. The second kappa shape index (κ2) is 13.2. The number of nitrogens with one attached hydrogen (secondary N) is 2. The molecule has 0 saturated heterocycles. The van der Waals surface area contributed by atoms with Crippen molar-refractivity contribution in [2.75, 3.05) is 26.3 Å². The number of ketones is 1. The summed E-state index contributed by atoms with van der Waals surface area (Å²) < 4.78 is 12.2. The second-order valence-electron chi connectivity index (χ2n) is 8.10. The van der Waals surface area contributed by atoms with E-state index in [-0.39, 0.29) is 17.6 Å². The Bertz CT molecular complexity index is 432. The molecule has 1 amide bonds. The average molecular weight is 385 g/mol. The van der Waals surface area contributed by atoms with Crippen molar-refractivity contribution in [1.29, 1.82) is 0 Å². The predicted molar refractivity (Wildman–Crippen MR) is 108 cm³/mol. The van der Waals surface area contributed by atoms with Gasteiger partial charge in [0.2, 0.25) is 5.91 Å². The van der Waals surface area contributed by atoms with Crippen LogP contribution in [0, 0.1) is 5.92 Å². The predicted octanol–water partition coefficient (Wildman–Crippen LogP) is 3.19. The lowest BCUT2D eigenvalue weighted by atomic mass is 9.94. The van der Waals surface area contributed by atoms with E-state index in [4.69, 9.17) is 9.47 Å². The van der Waals surface area contributed by atoms with Gasteiger partial charge in [-0.1, -0.05) is 34.1 Å². The molecule has 6 heteroatoms. The summed E-state index contributed by atoms with van der Waals surface area (Å²) in [6.45, 7) is 10.4. The van der Waals surface area contributed by atoms with E-state index in [1.165, 1.54) is 6.42 Å². The molecule has 0 spiro atoms. The van der Waals surface area contributed by atoms with Crippen LogP contribution in [0.3, 0.4) is 0 Å². The first-order chi connectivity index (χ1) is 12.8. The van der Waals surface area contributed by atoms with Crippen LogP contribution in [0.15, 0.2) is 0 Å². The molecule has 158 valence electrons. The van der Waals surface area contributed by atoms with E-state index >= 15 is 0 Å². The number of hydrogen-bond donors (Lipinski definition) is 2. The van der Waals surface area contributed by atoms with Gasteiger partial charge in [-0.25, -0.2) is 0 Å². The summed E-state index contributed by atoms with van der Waals surface area (Å²) in [4.78, 5) is 23.5. The maximum Gasteiger partial charge on any atom is 0.220 e. The number of Topliss-reactive ketones (excluding diaryl/α,β-unsaturated/α-hetero) is 1. The van der Waals surface area contributed by atoms with Crippen LogP contribution in [-0.2, 0) is 19.1 Å². The van der Waals surface area contributed by atoms with Gasteiger partial charge in [0.25, 0.3) is 0 Å². The Balaban J connectivity index is 2.22. The zero-order valence-electron chi connectivity index (χ0n) is 17.8. The molecule has 0 unspecified atom stereocenters. The average Bonchev–Trinajstić information content (AvgIpc) is 2.63. The van der Waals surface area contributed by atoms with Crippen LogP contribution < -0.4 is 10.6 Å². The van der Waals surface area contributed by atoms with Crippen molar-refractivity contribution in [1.82, 2.24) is 10.6 Å². The van der Waals surface area contributed by atoms with Gasteiger partial charge in [-0.3, -0.25) is 9.59 Å². The summed E-state index contributed by atoms with van der Waals surface area (Å²) in [6.07, 6.45) is 6.77. The van der Waals surface area contributed by atoms with E-state index in [0.717, 1.165) is 32.2 Å². The number of carbonyl (C=O) groups is 2. The molecule has 2 N–H and O–H groups in total. The molecule has 0 aromatic heterocycles. The maximum atomic E-state index is 11.9. The zero-order valence-corrected chi connectivity index (χ0v) is 17.8. The third-order valence-electron chi connectivity index (χ3n) is 4.90. The van der Waals surface area contributed by atoms with E-state index < -0.39 is 5.79 Å². The normalized spacial score (nSPS) is 16.7. The highest BCUT2D eigenvalue weighted by atomic mass is 16.7. The SMILES string of the molecule is CC(C)NCCOC1(OCCNC(=O)CCCC(=O)C(C)C)CCCCC1. The summed E-state index contributed by atoms with van der Waals surface area (Å²) in [5.41, 5.74) is 0. The molecular weight excluding hydrogens is 344 g/mol. The Morgan fingerprint density at radius 2 is 1.56 bits per heavy atom. The highest BCUT2D eigenvalue weighted by Crippen LogP contribution is 2.32. The van der Waals surface area contributed by atoms with Crippen molar-refractivity contribution in [2.45, 2.75) is 90.9 Å². The van der Waals surface area contributed by atoms with E-state index in [9.17, 15) is 9.59 Å². The molecule has 0 bridgehead atoms. The van der Waals surface area contributed by atoms with Gasteiger partial charge in [-0.15, -0.1) is 0 Å². The van der Waals surface area contributed by atoms with Crippen molar-refractivity contribution >= 4 is 11.7 Å². The molecule has 0 aromatic rings. The van der Waals surface area contributed by atoms with E-state index in [1.807, 2.05) is 13.8 Å². The fourth-order valence-corrected chi connectivity index (χ4v) is 3.23. The molecule has 6 nitrogen and oxygen atoms in total. The van der Waals surface area contributed by atoms with E-state index in [0.29, 0.717) is 45.1 Å². The van der Waals surface area contributed by atoms with Crippen LogP contribution >= 0.6 is 0 Å². The Morgan fingerprint density at radius 1 is 0.926 bits per heavy atom. The molecule has 1 saturated carbocycles. The van der Waals surface area contributed by atoms with Gasteiger partial charge in [0.15, 0.2) is 5.79 Å². The lowest BCUT2D eigenvalue weighted by molar-refractivity contribution is -0.250.